The maximum atomic E-state index is 3.35. The van der Waals surface area contributed by atoms with Crippen LogP contribution in [0.1, 0.15) is 20.3 Å². The third-order valence-electron chi connectivity index (χ3n) is 1.17. The number of alkyl halides is 1. The minimum Gasteiger partial charge on any atom is -0.316 e. The molecule has 10 heavy (non-hydrogen) atoms. The van der Waals surface area contributed by atoms with E-state index in [0.29, 0.717) is 0 Å². The predicted octanol–water partition coefficient (Wildman–Crippen LogP) is 2.59. The summed E-state index contributed by atoms with van der Waals surface area (Å²) in [4.78, 5) is 0. The summed E-state index contributed by atoms with van der Waals surface area (Å²) in [7, 11) is 0. The molecule has 3 heteroatoms. The Kier molecular flexibility index (Phi) is 13.4. The molecule has 0 unspecified atom stereocenters. The molecule has 0 aliphatic heterocycles. The quantitative estimate of drug-likeness (QED) is 0.600. The number of hydrogen-bond acceptors (Lipinski definition) is 1. The van der Waals surface area contributed by atoms with E-state index < -0.39 is 0 Å². The van der Waals surface area contributed by atoms with Crippen LogP contribution in [0.15, 0.2) is 0 Å². The molecule has 0 radical (unpaired) electrons. The molecular weight excluding hydrogens is 258 g/mol. The summed E-state index contributed by atoms with van der Waals surface area (Å²) in [6.45, 7) is 6.74. The van der Waals surface area contributed by atoms with Crippen molar-refractivity contribution in [3.63, 3.8) is 0 Å². The van der Waals surface area contributed by atoms with Gasteiger partial charge in [0.15, 0.2) is 0 Å². The Balaban J connectivity index is 0. The number of hydrogen-bond donors (Lipinski definition) is 1. The second-order valence-electron chi connectivity index (χ2n) is 2.62. The summed E-state index contributed by atoms with van der Waals surface area (Å²) < 4.78 is 0. The van der Waals surface area contributed by atoms with Crippen molar-refractivity contribution in [2.75, 3.05) is 18.4 Å². The molecule has 0 aliphatic rings. The molecule has 0 fully saturated rings. The lowest BCUT2D eigenvalue weighted by atomic mass is 10.1. The smallest absolute Gasteiger partial charge is 0.0157 e. The fraction of sp³-hybridized carbons (Fsp3) is 1.00. The minimum absolute atomic E-state index is 0. The lowest BCUT2D eigenvalue weighted by molar-refractivity contribution is 0.548. The first-order valence-corrected chi connectivity index (χ1v) is 4.66. The van der Waals surface area contributed by atoms with Crippen molar-refractivity contribution in [3.05, 3.63) is 0 Å². The van der Waals surface area contributed by atoms with Gasteiger partial charge in [-0.25, -0.2) is 0 Å². The highest BCUT2D eigenvalue weighted by Crippen LogP contribution is 1.95. The Labute approximate surface area is 82.9 Å². The van der Waals surface area contributed by atoms with Crippen molar-refractivity contribution < 1.29 is 0 Å². The molecule has 1 N–H and O–H groups in total. The van der Waals surface area contributed by atoms with E-state index in [2.05, 4.69) is 35.1 Å². The van der Waals surface area contributed by atoms with Gasteiger partial charge in [0.05, 0.1) is 0 Å². The molecule has 1 nitrogen and oxygen atoms in total. The highest BCUT2D eigenvalue weighted by Gasteiger charge is 1.90. The zero-order valence-electron chi connectivity index (χ0n) is 6.69. The van der Waals surface area contributed by atoms with Crippen LogP contribution in [0.4, 0.5) is 0 Å². The molecule has 0 aromatic heterocycles. The third kappa shape index (κ3) is 11.7. The normalized spacial score (nSPS) is 9.60. The first kappa shape index (κ1) is 13.5. The fourth-order valence-corrected chi connectivity index (χ4v) is 0.863. The summed E-state index contributed by atoms with van der Waals surface area (Å²) in [6.07, 6.45) is 1.28. The van der Waals surface area contributed by atoms with E-state index in [0.717, 1.165) is 24.3 Å². The van der Waals surface area contributed by atoms with Crippen LogP contribution in [0.25, 0.3) is 0 Å². The van der Waals surface area contributed by atoms with Gasteiger partial charge in [-0.1, -0.05) is 29.8 Å². The van der Waals surface area contributed by atoms with Crippen molar-refractivity contribution in [3.8, 4) is 0 Å². The molecule has 0 bridgehead atoms. The van der Waals surface area contributed by atoms with Gasteiger partial charge in [0.2, 0.25) is 0 Å². The number of rotatable bonds is 5. The molecule has 0 atom stereocenters. The van der Waals surface area contributed by atoms with Crippen LogP contribution in [0, 0.1) is 5.92 Å². The van der Waals surface area contributed by atoms with Crippen LogP contribution < -0.4 is 5.32 Å². The summed E-state index contributed by atoms with van der Waals surface area (Å²) >= 11 is 3.35. The summed E-state index contributed by atoms with van der Waals surface area (Å²) in [6, 6.07) is 0. The topological polar surface area (TPSA) is 12.0 Å². The maximum Gasteiger partial charge on any atom is 0.0157 e. The lowest BCUT2D eigenvalue weighted by Crippen LogP contribution is -2.18. The zero-order chi connectivity index (χ0) is 7.11. The first-order valence-electron chi connectivity index (χ1n) is 3.54. The van der Waals surface area contributed by atoms with Crippen LogP contribution in [0.2, 0.25) is 0 Å². The summed E-state index contributed by atoms with van der Waals surface area (Å²) in [5.41, 5.74) is 0. The monoisotopic (exact) mass is 273 g/mol. The molecule has 64 valence electrons. The van der Waals surface area contributed by atoms with Crippen molar-refractivity contribution >= 4 is 32.9 Å². The second kappa shape index (κ2) is 9.92. The number of halogens is 2. The Bertz CT molecular complexity index is 57.6. The molecule has 0 aromatic rings. The van der Waals surface area contributed by atoms with E-state index in [4.69, 9.17) is 0 Å². The second-order valence-corrected chi connectivity index (χ2v) is 3.41. The van der Waals surface area contributed by atoms with E-state index in [1.807, 2.05) is 0 Å². The van der Waals surface area contributed by atoms with E-state index in [-0.39, 0.29) is 17.0 Å². The molecule has 0 saturated carbocycles. The van der Waals surface area contributed by atoms with Gasteiger partial charge in [-0.05, 0) is 18.9 Å². The van der Waals surface area contributed by atoms with Gasteiger partial charge in [-0.2, -0.15) is 0 Å². The van der Waals surface area contributed by atoms with Gasteiger partial charge >= 0.3 is 0 Å². The molecule has 0 spiro atoms. The average Bonchev–Trinajstić information content (AvgIpc) is 1.80. The van der Waals surface area contributed by atoms with E-state index >= 15 is 0 Å². The Hall–Kier alpha value is 0.920. The van der Waals surface area contributed by atoms with Gasteiger partial charge in [-0.3, -0.25) is 0 Å². The van der Waals surface area contributed by atoms with E-state index in [1.165, 1.54) is 6.42 Å². The Morgan fingerprint density at radius 3 is 2.30 bits per heavy atom. The predicted molar refractivity (Wildman–Crippen MR) is 56.4 cm³/mol. The van der Waals surface area contributed by atoms with Crippen molar-refractivity contribution in [1.82, 2.24) is 5.32 Å². The van der Waals surface area contributed by atoms with Crippen LogP contribution in [-0.2, 0) is 0 Å². The highest BCUT2D eigenvalue weighted by atomic mass is 79.9. The van der Waals surface area contributed by atoms with E-state index in [9.17, 15) is 0 Å². The molecule has 0 amide bonds. The summed E-state index contributed by atoms with van der Waals surface area (Å²) in [5.74, 6) is 0.827. The Morgan fingerprint density at radius 2 is 1.90 bits per heavy atom. The highest BCUT2D eigenvalue weighted by molar-refractivity contribution is 9.09. The molecule has 0 rings (SSSR count). The molecule has 0 aromatic carbocycles. The van der Waals surface area contributed by atoms with Gasteiger partial charge in [0, 0.05) is 11.9 Å². The Morgan fingerprint density at radius 1 is 1.30 bits per heavy atom. The van der Waals surface area contributed by atoms with Crippen molar-refractivity contribution in [1.29, 1.82) is 0 Å². The lowest BCUT2D eigenvalue weighted by Gasteiger charge is -2.03. The van der Waals surface area contributed by atoms with Crippen molar-refractivity contribution in [2.24, 2.45) is 5.92 Å². The fourth-order valence-electron chi connectivity index (χ4n) is 0.583. The van der Waals surface area contributed by atoms with E-state index in [1.54, 1.807) is 0 Å². The molecular formula is C7H17Br2N. The molecule has 0 heterocycles. The minimum atomic E-state index is 0. The third-order valence-corrected chi connectivity index (χ3v) is 1.57. The molecule has 0 saturated heterocycles. The van der Waals surface area contributed by atoms with Crippen LogP contribution in [0.5, 0.6) is 0 Å². The van der Waals surface area contributed by atoms with Crippen LogP contribution in [-0.4, -0.2) is 18.4 Å². The maximum absolute atomic E-state index is 3.35. The largest absolute Gasteiger partial charge is 0.316 e. The van der Waals surface area contributed by atoms with Gasteiger partial charge in [0.25, 0.3) is 0 Å². The van der Waals surface area contributed by atoms with Crippen LogP contribution in [0.3, 0.4) is 0 Å². The average molecular weight is 275 g/mol. The van der Waals surface area contributed by atoms with Gasteiger partial charge in [0.1, 0.15) is 0 Å². The first-order chi connectivity index (χ1) is 4.27. The SMILES string of the molecule is Br.CC(C)CCNCCBr. The number of nitrogens with one attached hydrogen (secondary N) is 1. The van der Waals surface area contributed by atoms with Crippen LogP contribution >= 0.6 is 32.9 Å². The zero-order valence-corrected chi connectivity index (χ0v) is 9.99. The van der Waals surface area contributed by atoms with Gasteiger partial charge in [-0.15, -0.1) is 17.0 Å². The molecule has 0 aliphatic carbocycles. The summed E-state index contributed by atoms with van der Waals surface area (Å²) in [5, 5.41) is 4.38. The van der Waals surface area contributed by atoms with Gasteiger partial charge < -0.3 is 5.32 Å². The standard InChI is InChI=1S/C7H16BrN.BrH/c1-7(2)3-5-9-6-4-8;/h7,9H,3-6H2,1-2H3;1H. The van der Waals surface area contributed by atoms with Crippen molar-refractivity contribution in [2.45, 2.75) is 20.3 Å².